The zero-order chi connectivity index (χ0) is 37.2. The lowest BCUT2D eigenvalue weighted by atomic mass is 9.89. The highest BCUT2D eigenvalue weighted by Gasteiger charge is 2.35. The van der Waals surface area contributed by atoms with Gasteiger partial charge in [0.1, 0.15) is 11.6 Å². The molecule has 0 atom stereocenters. The molecule has 0 heterocycles. The van der Waals surface area contributed by atoms with Gasteiger partial charge in [0.15, 0.2) is 11.6 Å². The number of nitriles is 2. The molecule has 0 saturated carbocycles. The van der Waals surface area contributed by atoms with Crippen LogP contribution in [0.15, 0.2) is 60.7 Å². The molecular formula is C40H17F7N4O. The van der Waals surface area contributed by atoms with E-state index in [1.807, 2.05) is 12.1 Å². The maximum Gasteiger partial charge on any atom is 0.573 e. The Morgan fingerprint density at radius 2 is 1.06 bits per heavy atom. The second-order valence-corrected chi connectivity index (χ2v) is 12.1. The zero-order valence-electron chi connectivity index (χ0n) is 26.5. The summed E-state index contributed by atoms with van der Waals surface area (Å²) in [5.41, 5.74) is 3.91. The van der Waals surface area contributed by atoms with E-state index >= 15 is 0 Å². The summed E-state index contributed by atoms with van der Waals surface area (Å²) in [5.74, 6) is -6.30. The lowest BCUT2D eigenvalue weighted by molar-refractivity contribution is -0.276. The van der Waals surface area contributed by atoms with E-state index in [-0.39, 0.29) is 56.9 Å². The number of nitrogens with zero attached hydrogens (tertiary/aromatic N) is 4. The standard InChI is InChI=1S/C40H17F7N4O/c1-18-29(41)12-23(13-30(18)42)19-4-6-21-10-27-35(25(21)8-19)37(33(16-48)50-2)28-11-22-7-5-20(9-26(22)36(28)38(27)34(17-49)51-3)24-14-31(43)39(32(44)15-24)52-40(45,46)47/h4-9,12-15H,10-11H2,1H3/b37-33-,38-34+. The summed E-state index contributed by atoms with van der Waals surface area (Å²) in [6, 6.07) is 17.4. The molecule has 0 aromatic heterocycles. The van der Waals surface area contributed by atoms with E-state index in [9.17, 15) is 41.3 Å². The molecule has 0 aliphatic heterocycles. The Balaban J connectivity index is 1.52. The van der Waals surface area contributed by atoms with Gasteiger partial charge in [-0.1, -0.05) is 24.3 Å². The van der Waals surface area contributed by atoms with Crippen LogP contribution < -0.4 is 15.2 Å². The summed E-state index contributed by atoms with van der Waals surface area (Å²) in [6.07, 6.45) is -5.07. The van der Waals surface area contributed by atoms with Crippen molar-refractivity contribution in [1.29, 1.82) is 10.5 Å². The molecule has 0 unspecified atom stereocenters. The number of alkyl halides is 3. The summed E-state index contributed by atoms with van der Waals surface area (Å²) in [5, 5.41) is 20.9. The number of hydrogen-bond acceptors (Lipinski definition) is 3. The van der Waals surface area contributed by atoms with Crippen LogP contribution in [0, 0.1) is 66.0 Å². The van der Waals surface area contributed by atoms with E-state index in [1.54, 1.807) is 24.3 Å². The summed E-state index contributed by atoms with van der Waals surface area (Å²) in [4.78, 5) is 7.02. The average molecular weight is 703 g/mol. The van der Waals surface area contributed by atoms with Crippen molar-refractivity contribution in [2.24, 2.45) is 0 Å². The minimum absolute atomic E-state index is 0.114. The molecule has 2 aliphatic carbocycles. The van der Waals surface area contributed by atoms with E-state index in [0.717, 1.165) is 0 Å². The molecule has 5 nitrogen and oxygen atoms in total. The smallest absolute Gasteiger partial charge is 0.399 e. The van der Waals surface area contributed by atoms with E-state index in [0.29, 0.717) is 62.2 Å². The second-order valence-electron chi connectivity index (χ2n) is 12.1. The lowest BCUT2D eigenvalue weighted by Crippen LogP contribution is -2.25. The first-order valence-corrected chi connectivity index (χ1v) is 15.3. The highest BCUT2D eigenvalue weighted by atomic mass is 19.4. The monoisotopic (exact) mass is 702 g/mol. The van der Waals surface area contributed by atoms with Crippen molar-refractivity contribution in [3.63, 3.8) is 0 Å². The van der Waals surface area contributed by atoms with Crippen molar-refractivity contribution in [1.82, 2.24) is 0 Å². The SMILES string of the molecule is [C-]#[N+]/C(C#N)=c1/c2c(/c(=C(\C#N)[N+]#[C-])c3c1-c1cc(-c4cc(F)c(C)c(F)c4)ccc1C3)-c1cc(-c3cc(F)c(OC(F)(F)F)c(F)c3)ccc1C2. The molecule has 5 aromatic rings. The van der Waals surface area contributed by atoms with Crippen LogP contribution in [-0.4, -0.2) is 6.36 Å². The van der Waals surface area contributed by atoms with Gasteiger partial charge in [-0.05, 0) is 123 Å². The Hall–Kier alpha value is -6.89. The molecule has 0 saturated heterocycles. The maximum atomic E-state index is 14.8. The predicted molar refractivity (Wildman–Crippen MR) is 176 cm³/mol. The molecule has 12 heteroatoms. The van der Waals surface area contributed by atoms with Crippen LogP contribution in [0.1, 0.15) is 27.8 Å². The fraction of sp³-hybridized carbons (Fsp3) is 0.100. The van der Waals surface area contributed by atoms with Crippen LogP contribution in [0.25, 0.3) is 65.6 Å². The summed E-state index contributed by atoms with van der Waals surface area (Å²) >= 11 is 0. The summed E-state index contributed by atoms with van der Waals surface area (Å²) in [7, 11) is 0. The highest BCUT2D eigenvalue weighted by Crippen LogP contribution is 2.43. The minimum atomic E-state index is -5.34. The third kappa shape index (κ3) is 5.30. The molecule has 0 N–H and O–H groups in total. The van der Waals surface area contributed by atoms with Gasteiger partial charge in [-0.25, -0.2) is 37.8 Å². The highest BCUT2D eigenvalue weighted by molar-refractivity contribution is 5.94. The maximum absolute atomic E-state index is 14.8. The van der Waals surface area contributed by atoms with Crippen molar-refractivity contribution in [2.75, 3.05) is 0 Å². The fourth-order valence-corrected chi connectivity index (χ4v) is 7.02. The molecule has 52 heavy (non-hydrogen) atoms. The number of ether oxygens (including phenoxy) is 1. The minimum Gasteiger partial charge on any atom is -0.399 e. The Labute approximate surface area is 290 Å². The number of hydrogen-bond donors (Lipinski definition) is 0. The van der Waals surface area contributed by atoms with Crippen LogP contribution in [-0.2, 0) is 12.8 Å². The third-order valence-corrected chi connectivity index (χ3v) is 9.27. The van der Waals surface area contributed by atoms with Gasteiger partial charge in [0.2, 0.25) is 5.75 Å². The molecule has 0 spiro atoms. The van der Waals surface area contributed by atoms with E-state index in [2.05, 4.69) is 14.4 Å². The molecule has 5 aromatic carbocycles. The molecular weight excluding hydrogens is 685 g/mol. The van der Waals surface area contributed by atoms with Gasteiger partial charge in [-0.15, -0.1) is 13.2 Å². The molecule has 2 aliphatic rings. The second kappa shape index (κ2) is 12.2. The van der Waals surface area contributed by atoms with Crippen LogP contribution in [0.4, 0.5) is 30.7 Å². The number of rotatable bonds is 3. The first kappa shape index (κ1) is 33.6. The zero-order valence-corrected chi connectivity index (χ0v) is 26.5. The summed E-state index contributed by atoms with van der Waals surface area (Å²) < 4.78 is 101. The largest absolute Gasteiger partial charge is 0.573 e. The lowest BCUT2D eigenvalue weighted by Gasteiger charge is -2.14. The van der Waals surface area contributed by atoms with Crippen LogP contribution in [0.3, 0.4) is 0 Å². The molecule has 7 rings (SSSR count). The van der Waals surface area contributed by atoms with Crippen molar-refractivity contribution in [2.45, 2.75) is 26.1 Å². The number of benzene rings is 5. The molecule has 0 bridgehead atoms. The predicted octanol–water partition coefficient (Wildman–Crippen LogP) is 9.03. The van der Waals surface area contributed by atoms with Crippen LogP contribution in [0.2, 0.25) is 0 Å². The van der Waals surface area contributed by atoms with Crippen molar-refractivity contribution in [3.8, 4) is 62.4 Å². The van der Waals surface area contributed by atoms with Gasteiger partial charge < -0.3 is 4.74 Å². The van der Waals surface area contributed by atoms with Crippen molar-refractivity contribution < 1.29 is 35.5 Å². The van der Waals surface area contributed by atoms with E-state index < -0.39 is 35.4 Å². The third-order valence-electron chi connectivity index (χ3n) is 9.27. The first-order chi connectivity index (χ1) is 24.8. The van der Waals surface area contributed by atoms with Gasteiger partial charge >= 0.3 is 6.36 Å². The Kier molecular flexibility index (Phi) is 7.86. The van der Waals surface area contributed by atoms with Gasteiger partial charge in [0.05, 0.1) is 25.3 Å². The Morgan fingerprint density at radius 3 is 1.42 bits per heavy atom. The van der Waals surface area contributed by atoms with E-state index in [1.165, 1.54) is 31.2 Å². The average Bonchev–Trinajstić information content (AvgIpc) is 3.67. The molecule has 0 fully saturated rings. The first-order valence-electron chi connectivity index (χ1n) is 15.3. The van der Waals surface area contributed by atoms with Gasteiger partial charge in [-0.2, -0.15) is 0 Å². The van der Waals surface area contributed by atoms with Gasteiger partial charge in [0.25, 0.3) is 11.4 Å². The fourth-order valence-electron chi connectivity index (χ4n) is 7.02. The van der Waals surface area contributed by atoms with Crippen molar-refractivity contribution in [3.05, 3.63) is 145 Å². The van der Waals surface area contributed by atoms with Gasteiger partial charge in [0, 0.05) is 16.0 Å². The topological polar surface area (TPSA) is 65.5 Å². The van der Waals surface area contributed by atoms with Crippen LogP contribution in [0.5, 0.6) is 5.75 Å². The number of fused-ring (bicyclic) bond motifs is 6. The normalized spacial score (nSPS) is 13.4. The van der Waals surface area contributed by atoms with Crippen molar-refractivity contribution >= 4 is 11.4 Å². The summed E-state index contributed by atoms with van der Waals surface area (Å²) in [6.45, 7) is 17.1. The quantitative estimate of drug-likeness (QED) is 0.136. The molecule has 0 amide bonds. The Morgan fingerprint density at radius 1 is 0.654 bits per heavy atom. The molecule has 252 valence electrons. The van der Waals surface area contributed by atoms with Gasteiger partial charge in [-0.3, -0.25) is 0 Å². The van der Waals surface area contributed by atoms with E-state index in [4.69, 9.17) is 13.1 Å². The van der Waals surface area contributed by atoms with Crippen LogP contribution >= 0.6 is 0 Å². The number of halogens is 7. The molecule has 0 radical (unpaired) electrons. The Bertz CT molecular complexity index is 2680.